The molecule has 5 atom stereocenters. The van der Waals surface area contributed by atoms with Crippen LogP contribution in [0.25, 0.3) is 0 Å². The lowest BCUT2D eigenvalue weighted by atomic mass is 9.97. The Kier molecular flexibility index (Phi) is 6.24. The smallest absolute Gasteiger partial charge is 0.217 e. The highest BCUT2D eigenvalue weighted by atomic mass is 79.9. The summed E-state index contributed by atoms with van der Waals surface area (Å²) in [6.07, 6.45) is -2.13. The van der Waals surface area contributed by atoms with Gasteiger partial charge in [0, 0.05) is 12.3 Å². The highest BCUT2D eigenvalue weighted by Crippen LogP contribution is 2.23. The van der Waals surface area contributed by atoms with Gasteiger partial charge in [-0.1, -0.05) is 22.0 Å². The van der Waals surface area contributed by atoms with Crippen molar-refractivity contribution in [2.24, 2.45) is 0 Å². The van der Waals surface area contributed by atoms with Gasteiger partial charge in [-0.05, 0) is 0 Å². The van der Waals surface area contributed by atoms with Gasteiger partial charge in [-0.15, -0.1) is 6.58 Å². The van der Waals surface area contributed by atoms with Crippen molar-refractivity contribution in [2.45, 2.75) is 37.6 Å². The van der Waals surface area contributed by atoms with E-state index in [0.29, 0.717) is 5.33 Å². The molecular formula is C11H18BrNO5. The summed E-state index contributed by atoms with van der Waals surface area (Å²) in [4.78, 5) is 11.1. The van der Waals surface area contributed by atoms with E-state index < -0.39 is 30.6 Å². The summed E-state index contributed by atoms with van der Waals surface area (Å²) in [6.45, 7) is 5.06. The minimum absolute atomic E-state index is 0.221. The molecule has 0 radical (unpaired) electrons. The van der Waals surface area contributed by atoms with E-state index in [-0.39, 0.29) is 12.5 Å². The van der Waals surface area contributed by atoms with Gasteiger partial charge in [0.1, 0.15) is 18.2 Å². The fourth-order valence-corrected chi connectivity index (χ4v) is 2.29. The molecule has 1 aliphatic rings. The Balaban J connectivity index is 2.79. The lowest BCUT2D eigenvalue weighted by molar-refractivity contribution is -0.255. The molecule has 0 aromatic heterocycles. The van der Waals surface area contributed by atoms with Crippen molar-refractivity contribution in [1.29, 1.82) is 0 Å². The number of nitrogens with one attached hydrogen (secondary N) is 1. The summed E-state index contributed by atoms with van der Waals surface area (Å²) in [5.41, 5.74) is 0. The molecule has 0 spiro atoms. The van der Waals surface area contributed by atoms with Crippen LogP contribution in [0.1, 0.15) is 6.92 Å². The molecule has 1 rings (SSSR count). The maximum Gasteiger partial charge on any atom is 0.217 e. The molecule has 0 bridgehead atoms. The largest absolute Gasteiger partial charge is 0.388 e. The predicted molar refractivity (Wildman–Crippen MR) is 68.2 cm³/mol. The normalized spacial score (nSPS) is 36.1. The van der Waals surface area contributed by atoms with Crippen LogP contribution in [0.2, 0.25) is 0 Å². The van der Waals surface area contributed by atoms with Crippen LogP contribution in [0.4, 0.5) is 0 Å². The number of amides is 1. The zero-order chi connectivity index (χ0) is 13.7. The Bertz CT molecular complexity index is 301. The third kappa shape index (κ3) is 3.76. The SMILES string of the molecule is C=CCO[C@@H]1O[C@H](CBr)[C@@H](O)[C@H](O)[C@H]1NC(C)=O. The van der Waals surface area contributed by atoms with E-state index in [1.54, 1.807) is 0 Å². The summed E-state index contributed by atoms with van der Waals surface area (Å²) in [5, 5.41) is 22.7. The first-order valence-electron chi connectivity index (χ1n) is 5.58. The molecule has 1 heterocycles. The van der Waals surface area contributed by atoms with E-state index in [1.807, 2.05) is 0 Å². The molecule has 1 saturated heterocycles. The predicted octanol–water partition coefficient (Wildman–Crippen LogP) is -0.465. The van der Waals surface area contributed by atoms with E-state index in [0.717, 1.165) is 0 Å². The van der Waals surface area contributed by atoms with Crippen molar-refractivity contribution >= 4 is 21.8 Å². The number of hydrogen-bond acceptors (Lipinski definition) is 5. The monoisotopic (exact) mass is 323 g/mol. The van der Waals surface area contributed by atoms with Crippen LogP contribution in [-0.4, -0.2) is 58.7 Å². The molecule has 6 nitrogen and oxygen atoms in total. The van der Waals surface area contributed by atoms with Crippen LogP contribution in [0, 0.1) is 0 Å². The lowest BCUT2D eigenvalue weighted by Crippen LogP contribution is -2.64. The first-order valence-corrected chi connectivity index (χ1v) is 6.70. The van der Waals surface area contributed by atoms with E-state index in [4.69, 9.17) is 9.47 Å². The third-order valence-corrected chi connectivity index (χ3v) is 3.24. The van der Waals surface area contributed by atoms with E-state index >= 15 is 0 Å². The van der Waals surface area contributed by atoms with E-state index in [2.05, 4.69) is 27.8 Å². The fraction of sp³-hybridized carbons (Fsp3) is 0.727. The second-order valence-corrected chi connectivity index (χ2v) is 4.67. The minimum Gasteiger partial charge on any atom is -0.388 e. The topological polar surface area (TPSA) is 88.0 Å². The van der Waals surface area contributed by atoms with Crippen LogP contribution in [0.5, 0.6) is 0 Å². The number of aliphatic hydroxyl groups is 2. The Hall–Kier alpha value is -0.470. The average Bonchev–Trinajstić information content (AvgIpc) is 2.33. The van der Waals surface area contributed by atoms with Crippen molar-refractivity contribution < 1.29 is 24.5 Å². The molecule has 18 heavy (non-hydrogen) atoms. The second kappa shape index (κ2) is 7.20. The molecule has 1 amide bonds. The highest BCUT2D eigenvalue weighted by Gasteiger charge is 2.44. The zero-order valence-corrected chi connectivity index (χ0v) is 11.7. The van der Waals surface area contributed by atoms with Gasteiger partial charge >= 0.3 is 0 Å². The van der Waals surface area contributed by atoms with Crippen molar-refractivity contribution in [3.05, 3.63) is 12.7 Å². The van der Waals surface area contributed by atoms with E-state index in [9.17, 15) is 15.0 Å². The molecule has 0 unspecified atom stereocenters. The summed E-state index contributed by atoms with van der Waals surface area (Å²) >= 11 is 3.19. The first-order chi connectivity index (χ1) is 8.51. The first kappa shape index (κ1) is 15.6. The van der Waals surface area contributed by atoms with Gasteiger partial charge in [0.2, 0.25) is 5.91 Å². The molecule has 0 saturated carbocycles. The molecule has 7 heteroatoms. The van der Waals surface area contributed by atoms with Crippen LogP contribution in [0.3, 0.4) is 0 Å². The summed E-state index contributed by atoms with van der Waals surface area (Å²) < 4.78 is 10.8. The van der Waals surface area contributed by atoms with Crippen LogP contribution < -0.4 is 5.32 Å². The molecule has 0 aliphatic carbocycles. The van der Waals surface area contributed by atoms with Gasteiger partial charge in [-0.25, -0.2) is 0 Å². The zero-order valence-electron chi connectivity index (χ0n) is 10.1. The number of alkyl halides is 1. The maximum atomic E-state index is 11.1. The fourth-order valence-electron chi connectivity index (χ4n) is 1.75. The van der Waals surface area contributed by atoms with E-state index in [1.165, 1.54) is 13.0 Å². The number of carbonyl (C=O) groups excluding carboxylic acids is 1. The maximum absolute atomic E-state index is 11.1. The van der Waals surface area contributed by atoms with Gasteiger partial charge in [-0.2, -0.15) is 0 Å². The number of halogens is 1. The number of ether oxygens (including phenoxy) is 2. The van der Waals surface area contributed by atoms with Gasteiger partial charge in [0.15, 0.2) is 6.29 Å². The molecule has 0 aromatic carbocycles. The van der Waals surface area contributed by atoms with Crippen molar-refractivity contribution in [1.82, 2.24) is 5.32 Å². The number of carbonyl (C=O) groups is 1. The molecule has 1 aliphatic heterocycles. The summed E-state index contributed by atoms with van der Waals surface area (Å²) in [7, 11) is 0. The molecule has 104 valence electrons. The quantitative estimate of drug-likeness (QED) is 0.470. The molecular weight excluding hydrogens is 306 g/mol. The highest BCUT2D eigenvalue weighted by molar-refractivity contribution is 9.09. The Morgan fingerprint density at radius 3 is 2.72 bits per heavy atom. The molecule has 1 fully saturated rings. The summed E-state index contributed by atoms with van der Waals surface area (Å²) in [6, 6.07) is -0.812. The van der Waals surface area contributed by atoms with Gasteiger partial charge < -0.3 is 25.0 Å². The number of rotatable bonds is 5. The molecule has 0 aromatic rings. The van der Waals surface area contributed by atoms with Crippen LogP contribution in [0.15, 0.2) is 12.7 Å². The van der Waals surface area contributed by atoms with Crippen LogP contribution in [-0.2, 0) is 14.3 Å². The van der Waals surface area contributed by atoms with Gasteiger partial charge in [-0.3, -0.25) is 4.79 Å². The van der Waals surface area contributed by atoms with Gasteiger partial charge in [0.25, 0.3) is 0 Å². The Morgan fingerprint density at radius 1 is 1.56 bits per heavy atom. The van der Waals surface area contributed by atoms with Gasteiger partial charge in [0.05, 0.1) is 12.7 Å². The van der Waals surface area contributed by atoms with Crippen molar-refractivity contribution in [3.63, 3.8) is 0 Å². The minimum atomic E-state index is -1.15. The van der Waals surface area contributed by atoms with Crippen molar-refractivity contribution in [3.8, 4) is 0 Å². The lowest BCUT2D eigenvalue weighted by Gasteiger charge is -2.42. The summed E-state index contributed by atoms with van der Waals surface area (Å²) in [5.74, 6) is -0.334. The van der Waals surface area contributed by atoms with Crippen molar-refractivity contribution in [2.75, 3.05) is 11.9 Å². The standard InChI is InChI=1S/C11H18BrNO5/c1-3-4-17-11-8(13-6(2)14)10(16)9(15)7(5-12)18-11/h3,7-11,15-16H,1,4-5H2,2H3,(H,13,14)/t7-,8-,9-,10-,11-/m1/s1. The average molecular weight is 324 g/mol. The number of hydrogen-bond donors (Lipinski definition) is 3. The third-order valence-electron chi connectivity index (χ3n) is 2.60. The Morgan fingerprint density at radius 2 is 2.22 bits per heavy atom. The number of aliphatic hydroxyl groups excluding tert-OH is 2. The second-order valence-electron chi connectivity index (χ2n) is 4.03. The van der Waals surface area contributed by atoms with Crippen LogP contribution >= 0.6 is 15.9 Å². The Labute approximate surface area is 114 Å². The molecule has 3 N–H and O–H groups in total.